The van der Waals surface area contributed by atoms with Gasteiger partial charge in [-0.15, -0.1) is 0 Å². The SMILES string of the molecule is Cn1nccc1C(N)c1ccnnc1. The second-order valence-corrected chi connectivity index (χ2v) is 3.03. The lowest BCUT2D eigenvalue weighted by molar-refractivity contribution is 0.670. The average Bonchev–Trinajstić information content (AvgIpc) is 2.65. The Bertz CT molecular complexity index is 408. The molecule has 5 heteroatoms. The topological polar surface area (TPSA) is 69.6 Å². The van der Waals surface area contributed by atoms with E-state index in [0.717, 1.165) is 11.3 Å². The number of nitrogens with two attached hydrogens (primary N) is 1. The van der Waals surface area contributed by atoms with Crippen LogP contribution in [0.4, 0.5) is 0 Å². The van der Waals surface area contributed by atoms with Crippen LogP contribution in [-0.2, 0) is 7.05 Å². The van der Waals surface area contributed by atoms with E-state index in [1.807, 2.05) is 19.2 Å². The van der Waals surface area contributed by atoms with Crippen molar-refractivity contribution in [3.8, 4) is 0 Å². The monoisotopic (exact) mass is 189 g/mol. The largest absolute Gasteiger partial charge is 0.319 e. The normalized spacial score (nSPS) is 12.7. The van der Waals surface area contributed by atoms with Crippen LogP contribution in [0.2, 0.25) is 0 Å². The molecule has 0 aliphatic heterocycles. The summed E-state index contributed by atoms with van der Waals surface area (Å²) in [5, 5.41) is 11.6. The van der Waals surface area contributed by atoms with Crippen LogP contribution in [0.25, 0.3) is 0 Å². The van der Waals surface area contributed by atoms with Crippen LogP contribution in [0.1, 0.15) is 17.3 Å². The van der Waals surface area contributed by atoms with Gasteiger partial charge < -0.3 is 5.73 Å². The fourth-order valence-corrected chi connectivity index (χ4v) is 1.34. The Morgan fingerprint density at radius 2 is 2.14 bits per heavy atom. The Hall–Kier alpha value is -1.75. The second-order valence-electron chi connectivity index (χ2n) is 3.03. The summed E-state index contributed by atoms with van der Waals surface area (Å²) < 4.78 is 1.76. The first-order chi connectivity index (χ1) is 6.79. The minimum atomic E-state index is -0.196. The molecule has 72 valence electrons. The van der Waals surface area contributed by atoms with Gasteiger partial charge in [0.15, 0.2) is 0 Å². The Labute approximate surface area is 81.6 Å². The molecule has 0 amide bonds. The van der Waals surface area contributed by atoms with Crippen LogP contribution in [0.15, 0.2) is 30.7 Å². The molecule has 1 unspecified atom stereocenters. The highest BCUT2D eigenvalue weighted by atomic mass is 15.3. The van der Waals surface area contributed by atoms with Gasteiger partial charge in [-0.25, -0.2) is 0 Å². The van der Waals surface area contributed by atoms with Gasteiger partial charge in [0, 0.05) is 19.4 Å². The standard InChI is InChI=1S/C9H11N5/c1-14-8(3-5-13-14)9(10)7-2-4-11-12-6-7/h2-6,9H,10H2,1H3. The fraction of sp³-hybridized carbons (Fsp3) is 0.222. The predicted octanol–water partition coefficient (Wildman–Crippen LogP) is 0.258. The molecule has 14 heavy (non-hydrogen) atoms. The van der Waals surface area contributed by atoms with E-state index in [-0.39, 0.29) is 6.04 Å². The molecular weight excluding hydrogens is 178 g/mol. The average molecular weight is 189 g/mol. The zero-order chi connectivity index (χ0) is 9.97. The molecule has 0 aliphatic carbocycles. The molecule has 1 atom stereocenters. The van der Waals surface area contributed by atoms with Crippen LogP contribution in [-0.4, -0.2) is 20.0 Å². The lowest BCUT2D eigenvalue weighted by atomic mass is 10.1. The summed E-state index contributed by atoms with van der Waals surface area (Å²) in [6.45, 7) is 0. The minimum Gasteiger partial charge on any atom is -0.319 e. The van der Waals surface area contributed by atoms with E-state index in [1.54, 1.807) is 23.3 Å². The van der Waals surface area contributed by atoms with Gasteiger partial charge in [0.25, 0.3) is 0 Å². The zero-order valence-electron chi connectivity index (χ0n) is 7.83. The molecule has 2 aromatic heterocycles. The maximum atomic E-state index is 6.03. The molecule has 2 rings (SSSR count). The van der Waals surface area contributed by atoms with Crippen molar-refractivity contribution in [2.45, 2.75) is 6.04 Å². The van der Waals surface area contributed by atoms with Crippen molar-refractivity contribution in [3.05, 3.63) is 42.0 Å². The smallest absolute Gasteiger partial charge is 0.0739 e. The number of hydrogen-bond acceptors (Lipinski definition) is 4. The lowest BCUT2D eigenvalue weighted by Gasteiger charge is -2.10. The second kappa shape index (κ2) is 3.55. The summed E-state index contributed by atoms with van der Waals surface area (Å²) in [6.07, 6.45) is 5.02. The highest BCUT2D eigenvalue weighted by Gasteiger charge is 2.11. The first kappa shape index (κ1) is 8.83. The van der Waals surface area contributed by atoms with Gasteiger partial charge in [-0.3, -0.25) is 4.68 Å². The maximum absolute atomic E-state index is 6.03. The lowest BCUT2D eigenvalue weighted by Crippen LogP contribution is -2.16. The maximum Gasteiger partial charge on any atom is 0.0739 e. The van der Waals surface area contributed by atoms with Crippen LogP contribution < -0.4 is 5.73 Å². The Morgan fingerprint density at radius 3 is 2.71 bits per heavy atom. The van der Waals surface area contributed by atoms with Crippen LogP contribution in [0.3, 0.4) is 0 Å². The van der Waals surface area contributed by atoms with Crippen molar-refractivity contribution >= 4 is 0 Å². The molecule has 0 saturated carbocycles. The van der Waals surface area contributed by atoms with Crippen molar-refractivity contribution in [2.75, 3.05) is 0 Å². The quantitative estimate of drug-likeness (QED) is 0.735. The van der Waals surface area contributed by atoms with Gasteiger partial charge >= 0.3 is 0 Å². The molecule has 0 aliphatic rings. The highest BCUT2D eigenvalue weighted by molar-refractivity contribution is 5.22. The summed E-state index contributed by atoms with van der Waals surface area (Å²) in [7, 11) is 1.86. The molecule has 0 radical (unpaired) electrons. The summed E-state index contributed by atoms with van der Waals surface area (Å²) in [5.74, 6) is 0. The Kier molecular flexibility index (Phi) is 2.24. The summed E-state index contributed by atoms with van der Waals surface area (Å²) in [5.41, 5.74) is 7.92. The molecule has 5 nitrogen and oxygen atoms in total. The van der Waals surface area contributed by atoms with Crippen molar-refractivity contribution in [1.29, 1.82) is 0 Å². The molecule has 0 aromatic carbocycles. The molecule has 2 heterocycles. The van der Waals surface area contributed by atoms with E-state index in [2.05, 4.69) is 15.3 Å². The van der Waals surface area contributed by atoms with E-state index in [4.69, 9.17) is 5.73 Å². The minimum absolute atomic E-state index is 0.196. The number of nitrogens with zero attached hydrogens (tertiary/aromatic N) is 4. The van der Waals surface area contributed by atoms with Gasteiger partial charge in [0.2, 0.25) is 0 Å². The zero-order valence-corrected chi connectivity index (χ0v) is 7.83. The van der Waals surface area contributed by atoms with Crippen molar-refractivity contribution in [3.63, 3.8) is 0 Å². The fourth-order valence-electron chi connectivity index (χ4n) is 1.34. The van der Waals surface area contributed by atoms with E-state index in [0.29, 0.717) is 0 Å². The van der Waals surface area contributed by atoms with Crippen LogP contribution in [0.5, 0.6) is 0 Å². The van der Waals surface area contributed by atoms with Gasteiger partial charge in [-0.1, -0.05) is 0 Å². The number of hydrogen-bond donors (Lipinski definition) is 1. The molecule has 0 saturated heterocycles. The van der Waals surface area contributed by atoms with Crippen molar-refractivity contribution in [1.82, 2.24) is 20.0 Å². The van der Waals surface area contributed by atoms with Gasteiger partial charge in [0.1, 0.15) is 0 Å². The van der Waals surface area contributed by atoms with Crippen LogP contribution in [0, 0.1) is 0 Å². The van der Waals surface area contributed by atoms with Crippen LogP contribution >= 0.6 is 0 Å². The van der Waals surface area contributed by atoms with Crippen molar-refractivity contribution in [2.24, 2.45) is 12.8 Å². The third-order valence-corrected chi connectivity index (χ3v) is 2.14. The van der Waals surface area contributed by atoms with E-state index >= 15 is 0 Å². The molecule has 2 N–H and O–H groups in total. The number of rotatable bonds is 2. The Balaban J connectivity index is 2.34. The predicted molar refractivity (Wildman–Crippen MR) is 51.3 cm³/mol. The van der Waals surface area contributed by atoms with E-state index in [1.165, 1.54) is 0 Å². The molecule has 0 bridgehead atoms. The van der Waals surface area contributed by atoms with Crippen molar-refractivity contribution < 1.29 is 0 Å². The molecule has 2 aromatic rings. The van der Waals surface area contributed by atoms with Gasteiger partial charge in [0.05, 0.1) is 17.9 Å². The van der Waals surface area contributed by atoms with Gasteiger partial charge in [-0.2, -0.15) is 15.3 Å². The van der Waals surface area contributed by atoms with E-state index < -0.39 is 0 Å². The first-order valence-electron chi connectivity index (χ1n) is 4.29. The summed E-state index contributed by atoms with van der Waals surface area (Å²) in [4.78, 5) is 0. The Morgan fingerprint density at radius 1 is 1.29 bits per heavy atom. The first-order valence-corrected chi connectivity index (χ1v) is 4.29. The molecule has 0 spiro atoms. The highest BCUT2D eigenvalue weighted by Crippen LogP contribution is 2.16. The van der Waals surface area contributed by atoms with E-state index in [9.17, 15) is 0 Å². The third-order valence-electron chi connectivity index (χ3n) is 2.14. The molecule has 0 fully saturated rings. The molecular formula is C9H11N5. The summed E-state index contributed by atoms with van der Waals surface area (Å²) >= 11 is 0. The number of aryl methyl sites for hydroxylation is 1. The summed E-state index contributed by atoms with van der Waals surface area (Å²) in [6, 6.07) is 3.55. The van der Waals surface area contributed by atoms with Gasteiger partial charge in [-0.05, 0) is 17.7 Å². The third kappa shape index (κ3) is 1.49. The number of aromatic nitrogens is 4.